The van der Waals surface area contributed by atoms with Gasteiger partial charge in [0.05, 0.1) is 0 Å². The van der Waals surface area contributed by atoms with E-state index in [0.717, 1.165) is 0 Å². The summed E-state index contributed by atoms with van der Waals surface area (Å²) < 4.78 is 2.66. The van der Waals surface area contributed by atoms with Gasteiger partial charge in [0.15, 0.2) is 0 Å². The van der Waals surface area contributed by atoms with E-state index in [1.165, 1.54) is 108 Å². The van der Waals surface area contributed by atoms with Crippen molar-refractivity contribution in [3.05, 3.63) is 194 Å². The van der Waals surface area contributed by atoms with Crippen molar-refractivity contribution in [2.45, 2.75) is 0 Å². The third-order valence-electron chi connectivity index (χ3n) is 11.1. The van der Waals surface area contributed by atoms with Crippen molar-refractivity contribution in [2.24, 2.45) is 0 Å². The Morgan fingerprint density at radius 1 is 0.264 bits per heavy atom. The summed E-state index contributed by atoms with van der Waals surface area (Å²) in [6.07, 6.45) is 0. The maximum Gasteiger partial charge on any atom is 0.0362 e. The molecule has 246 valence electrons. The Balaban J connectivity index is 1.11. The van der Waals surface area contributed by atoms with Crippen LogP contribution in [0.3, 0.4) is 0 Å². The molecule has 1 heteroatoms. The van der Waals surface area contributed by atoms with E-state index >= 15 is 0 Å². The van der Waals surface area contributed by atoms with Crippen LogP contribution < -0.4 is 0 Å². The van der Waals surface area contributed by atoms with Gasteiger partial charge in [-0.1, -0.05) is 176 Å². The number of benzene rings is 10. The van der Waals surface area contributed by atoms with Crippen molar-refractivity contribution in [3.8, 4) is 44.5 Å². The molecular weight excluding hydrogens is 657 g/mol. The van der Waals surface area contributed by atoms with Crippen LogP contribution in [0.15, 0.2) is 194 Å². The molecule has 0 aliphatic heterocycles. The van der Waals surface area contributed by atoms with Gasteiger partial charge < -0.3 is 0 Å². The minimum atomic E-state index is 1.21. The number of thiophene rings is 1. The molecule has 0 radical (unpaired) electrons. The second-order valence-electron chi connectivity index (χ2n) is 14.0. The molecule has 53 heavy (non-hydrogen) atoms. The van der Waals surface area contributed by atoms with Crippen LogP contribution in [0.4, 0.5) is 0 Å². The average Bonchev–Trinajstić information content (AvgIpc) is 3.63. The molecule has 1 heterocycles. The minimum absolute atomic E-state index is 1.21. The van der Waals surface area contributed by atoms with Crippen molar-refractivity contribution in [2.75, 3.05) is 0 Å². The normalized spacial score (nSPS) is 11.8. The van der Waals surface area contributed by atoms with Gasteiger partial charge in [-0.25, -0.2) is 0 Å². The molecule has 0 unspecified atom stereocenters. The fourth-order valence-corrected chi connectivity index (χ4v) is 9.83. The summed E-state index contributed by atoms with van der Waals surface area (Å²) in [4.78, 5) is 0. The highest BCUT2D eigenvalue weighted by Gasteiger charge is 2.20. The van der Waals surface area contributed by atoms with Gasteiger partial charge in [0, 0.05) is 20.2 Å². The van der Waals surface area contributed by atoms with E-state index in [1.807, 2.05) is 11.3 Å². The second kappa shape index (κ2) is 12.0. The molecule has 0 nitrogen and oxygen atoms in total. The molecule has 0 N–H and O–H groups in total. The Labute approximate surface area is 311 Å². The topological polar surface area (TPSA) is 0 Å². The highest BCUT2D eigenvalue weighted by molar-refractivity contribution is 7.26. The van der Waals surface area contributed by atoms with Gasteiger partial charge in [-0.05, 0) is 106 Å². The van der Waals surface area contributed by atoms with Crippen LogP contribution in [0, 0.1) is 0 Å². The molecule has 0 amide bonds. The summed E-state index contributed by atoms with van der Waals surface area (Å²) >= 11 is 1.90. The Hall–Kier alpha value is -6.54. The molecule has 0 aliphatic carbocycles. The predicted molar refractivity (Wildman–Crippen MR) is 231 cm³/mol. The van der Waals surface area contributed by atoms with E-state index in [9.17, 15) is 0 Å². The van der Waals surface area contributed by atoms with Gasteiger partial charge in [0.1, 0.15) is 0 Å². The van der Waals surface area contributed by atoms with Crippen molar-refractivity contribution < 1.29 is 0 Å². The first kappa shape index (κ1) is 30.1. The zero-order valence-electron chi connectivity index (χ0n) is 28.9. The number of hydrogen-bond acceptors (Lipinski definition) is 1. The lowest BCUT2D eigenvalue weighted by molar-refractivity contribution is 1.59. The van der Waals surface area contributed by atoms with Crippen LogP contribution in [0.5, 0.6) is 0 Å². The molecule has 0 atom stereocenters. The zero-order chi connectivity index (χ0) is 34.9. The standard InChI is InChI=1S/C52H32S/c1-2-14-37-32-38(29-24-33(37)12-1)40-16-6-5-15-39(40)35-25-27-36(28-26-35)49-42-18-7-9-20-44(42)50(45-21-10-8-19-43(45)49)46-22-11-23-47-52(46)51-41-17-4-3-13-34(41)30-31-48(51)53-47/h1-32H. The molecular formula is C52H32S. The summed E-state index contributed by atoms with van der Waals surface area (Å²) in [7, 11) is 0. The molecule has 11 rings (SSSR count). The maximum atomic E-state index is 2.34. The summed E-state index contributed by atoms with van der Waals surface area (Å²) in [6, 6.07) is 71.7. The molecule has 0 saturated heterocycles. The third-order valence-corrected chi connectivity index (χ3v) is 12.2. The van der Waals surface area contributed by atoms with Crippen LogP contribution >= 0.6 is 11.3 Å². The molecule has 0 fully saturated rings. The molecule has 0 bridgehead atoms. The predicted octanol–water partition coefficient (Wildman–Crippen LogP) is 15.3. The Morgan fingerprint density at radius 2 is 0.755 bits per heavy atom. The summed E-state index contributed by atoms with van der Waals surface area (Å²) in [5.41, 5.74) is 10.0. The highest BCUT2D eigenvalue weighted by atomic mass is 32.1. The van der Waals surface area contributed by atoms with E-state index in [0.29, 0.717) is 0 Å². The molecule has 10 aromatic carbocycles. The van der Waals surface area contributed by atoms with Gasteiger partial charge in [0.2, 0.25) is 0 Å². The molecule has 0 spiro atoms. The van der Waals surface area contributed by atoms with Crippen LogP contribution in [0.1, 0.15) is 0 Å². The van der Waals surface area contributed by atoms with Gasteiger partial charge in [-0.3, -0.25) is 0 Å². The first-order chi connectivity index (χ1) is 26.3. The van der Waals surface area contributed by atoms with Crippen LogP contribution in [-0.2, 0) is 0 Å². The summed E-state index contributed by atoms with van der Waals surface area (Å²) in [5, 5.41) is 12.9. The molecule has 11 aromatic rings. The molecule has 0 aliphatic rings. The Morgan fingerprint density at radius 3 is 1.47 bits per heavy atom. The van der Waals surface area contributed by atoms with Gasteiger partial charge in [-0.2, -0.15) is 0 Å². The van der Waals surface area contributed by atoms with Crippen LogP contribution in [0.25, 0.3) is 108 Å². The highest BCUT2D eigenvalue weighted by Crippen LogP contribution is 2.49. The van der Waals surface area contributed by atoms with Gasteiger partial charge in [0.25, 0.3) is 0 Å². The van der Waals surface area contributed by atoms with E-state index in [4.69, 9.17) is 0 Å². The van der Waals surface area contributed by atoms with Gasteiger partial charge >= 0.3 is 0 Å². The lowest BCUT2D eigenvalue weighted by atomic mass is 9.84. The second-order valence-corrected chi connectivity index (χ2v) is 15.1. The number of hydrogen-bond donors (Lipinski definition) is 0. The molecule has 1 aromatic heterocycles. The monoisotopic (exact) mass is 688 g/mol. The fraction of sp³-hybridized carbons (Fsp3) is 0. The van der Waals surface area contributed by atoms with Crippen molar-refractivity contribution in [3.63, 3.8) is 0 Å². The Kier molecular flexibility index (Phi) is 6.83. The fourth-order valence-electron chi connectivity index (χ4n) is 8.68. The first-order valence-corrected chi connectivity index (χ1v) is 19.1. The smallest absolute Gasteiger partial charge is 0.0362 e. The SMILES string of the molecule is c1ccc(-c2ccc3ccccc3c2)c(-c2ccc(-c3c4ccccc4c(-c4cccc5sc6ccc7ccccc7c6c45)c4ccccc34)cc2)c1. The quantitative estimate of drug-likeness (QED) is 0.162. The van der Waals surface area contributed by atoms with E-state index in [2.05, 4.69) is 194 Å². The maximum absolute atomic E-state index is 2.34. The van der Waals surface area contributed by atoms with Crippen molar-refractivity contribution >= 4 is 74.6 Å². The Bertz CT molecular complexity index is 3160. The van der Waals surface area contributed by atoms with Crippen molar-refractivity contribution in [1.29, 1.82) is 0 Å². The van der Waals surface area contributed by atoms with Crippen LogP contribution in [0.2, 0.25) is 0 Å². The van der Waals surface area contributed by atoms with E-state index in [-0.39, 0.29) is 0 Å². The van der Waals surface area contributed by atoms with Crippen molar-refractivity contribution in [1.82, 2.24) is 0 Å². The zero-order valence-corrected chi connectivity index (χ0v) is 29.7. The first-order valence-electron chi connectivity index (χ1n) is 18.3. The third kappa shape index (κ3) is 4.75. The number of rotatable bonds is 4. The lowest BCUT2D eigenvalue weighted by Crippen LogP contribution is -1.91. The van der Waals surface area contributed by atoms with E-state index < -0.39 is 0 Å². The van der Waals surface area contributed by atoms with Gasteiger partial charge in [-0.15, -0.1) is 11.3 Å². The summed E-state index contributed by atoms with van der Waals surface area (Å²) in [6.45, 7) is 0. The molecule has 0 saturated carbocycles. The van der Waals surface area contributed by atoms with E-state index in [1.54, 1.807) is 0 Å². The van der Waals surface area contributed by atoms with Crippen LogP contribution in [-0.4, -0.2) is 0 Å². The largest absolute Gasteiger partial charge is 0.135 e. The minimum Gasteiger partial charge on any atom is -0.135 e. The lowest BCUT2D eigenvalue weighted by Gasteiger charge is -2.19. The average molecular weight is 689 g/mol. The number of fused-ring (bicyclic) bond motifs is 8. The summed E-state index contributed by atoms with van der Waals surface area (Å²) in [5.74, 6) is 0.